The van der Waals surface area contributed by atoms with Gasteiger partial charge in [-0.05, 0) is 75.3 Å². The lowest BCUT2D eigenvalue weighted by atomic mass is 9.95. The Hall–Kier alpha value is -0.930. The zero-order chi connectivity index (χ0) is 15.2. The third-order valence-electron chi connectivity index (χ3n) is 4.24. The van der Waals surface area contributed by atoms with Crippen molar-refractivity contribution in [3.05, 3.63) is 35.1 Å². The van der Waals surface area contributed by atoms with Crippen molar-refractivity contribution in [2.24, 2.45) is 5.92 Å². The van der Waals surface area contributed by atoms with Gasteiger partial charge in [0.2, 0.25) is 0 Å². The largest absolute Gasteiger partial charge is 0.377 e. The first-order valence-corrected chi connectivity index (χ1v) is 8.25. The molecule has 0 amide bonds. The van der Waals surface area contributed by atoms with Gasteiger partial charge in [-0.25, -0.2) is 4.39 Å². The summed E-state index contributed by atoms with van der Waals surface area (Å²) in [7, 11) is 0. The van der Waals surface area contributed by atoms with Gasteiger partial charge >= 0.3 is 0 Å². The topological polar surface area (TPSA) is 21.3 Å². The summed E-state index contributed by atoms with van der Waals surface area (Å²) in [5, 5.41) is 3.65. The fraction of sp³-hybridized carbons (Fsp3) is 0.667. The zero-order valence-electron chi connectivity index (χ0n) is 13.5. The molecule has 2 rings (SSSR count). The van der Waals surface area contributed by atoms with Crippen LogP contribution in [-0.4, -0.2) is 25.3 Å². The monoisotopic (exact) mass is 293 g/mol. The second-order valence-corrected chi connectivity index (χ2v) is 6.09. The summed E-state index contributed by atoms with van der Waals surface area (Å²) in [4.78, 5) is 0. The van der Waals surface area contributed by atoms with Gasteiger partial charge in [0.15, 0.2) is 0 Å². The molecule has 2 unspecified atom stereocenters. The maximum atomic E-state index is 13.3. The van der Waals surface area contributed by atoms with Crippen LogP contribution < -0.4 is 5.32 Å². The van der Waals surface area contributed by atoms with Crippen LogP contribution in [0.5, 0.6) is 0 Å². The molecule has 1 aromatic carbocycles. The van der Waals surface area contributed by atoms with Gasteiger partial charge in [0, 0.05) is 12.6 Å². The summed E-state index contributed by atoms with van der Waals surface area (Å²) < 4.78 is 19.3. The van der Waals surface area contributed by atoms with Crippen LogP contribution in [0.4, 0.5) is 4.39 Å². The normalized spacial score (nSPS) is 17.7. The fourth-order valence-corrected chi connectivity index (χ4v) is 2.96. The van der Waals surface area contributed by atoms with Gasteiger partial charge in [-0.15, -0.1) is 0 Å². The van der Waals surface area contributed by atoms with E-state index >= 15 is 0 Å². The van der Waals surface area contributed by atoms with E-state index in [4.69, 9.17) is 4.74 Å². The molecule has 1 saturated carbocycles. The molecule has 1 aliphatic carbocycles. The molecular formula is C18H28FNO. The van der Waals surface area contributed by atoms with E-state index in [1.165, 1.54) is 18.4 Å². The van der Waals surface area contributed by atoms with E-state index in [0.717, 1.165) is 31.6 Å². The molecule has 1 aliphatic rings. The molecule has 2 atom stereocenters. The summed E-state index contributed by atoms with van der Waals surface area (Å²) in [6, 6.07) is 5.42. The van der Waals surface area contributed by atoms with E-state index in [1.54, 1.807) is 12.1 Å². The molecule has 1 N–H and O–H groups in total. The summed E-state index contributed by atoms with van der Waals surface area (Å²) in [6.45, 7) is 7.99. The van der Waals surface area contributed by atoms with E-state index in [0.29, 0.717) is 12.0 Å². The molecule has 0 heterocycles. The summed E-state index contributed by atoms with van der Waals surface area (Å²) in [5.41, 5.74) is 2.25. The van der Waals surface area contributed by atoms with Gasteiger partial charge < -0.3 is 10.1 Å². The maximum Gasteiger partial charge on any atom is 0.123 e. The second-order valence-electron chi connectivity index (χ2n) is 6.09. The van der Waals surface area contributed by atoms with Crippen LogP contribution in [0.1, 0.15) is 44.2 Å². The van der Waals surface area contributed by atoms with Gasteiger partial charge in [0.25, 0.3) is 0 Å². The number of rotatable bonds is 9. The average molecular weight is 293 g/mol. The lowest BCUT2D eigenvalue weighted by Crippen LogP contribution is -2.44. The van der Waals surface area contributed by atoms with Crippen molar-refractivity contribution in [2.75, 3.05) is 13.2 Å². The van der Waals surface area contributed by atoms with Crippen molar-refractivity contribution >= 4 is 0 Å². The zero-order valence-corrected chi connectivity index (χ0v) is 13.5. The van der Waals surface area contributed by atoms with Gasteiger partial charge in [0.05, 0.1) is 6.10 Å². The fourth-order valence-electron chi connectivity index (χ4n) is 2.96. The predicted molar refractivity (Wildman–Crippen MR) is 85.1 cm³/mol. The second kappa shape index (κ2) is 7.90. The lowest BCUT2D eigenvalue weighted by Gasteiger charge is -2.29. The van der Waals surface area contributed by atoms with E-state index in [-0.39, 0.29) is 11.9 Å². The standard InChI is InChI=1S/C18H28FNO/c1-4-10-20-17(18(21-5-2)14-6-7-14)12-15-8-9-16(19)11-13(15)3/h8-9,11,14,17-18,20H,4-7,10,12H2,1-3H3. The van der Waals surface area contributed by atoms with Crippen molar-refractivity contribution < 1.29 is 9.13 Å². The number of benzene rings is 1. The Morgan fingerprint density at radius 2 is 2.10 bits per heavy atom. The first-order chi connectivity index (χ1) is 10.2. The summed E-state index contributed by atoms with van der Waals surface area (Å²) in [5.74, 6) is 0.540. The third-order valence-corrected chi connectivity index (χ3v) is 4.24. The van der Waals surface area contributed by atoms with Crippen molar-refractivity contribution in [1.82, 2.24) is 5.32 Å². The molecule has 0 saturated heterocycles. The lowest BCUT2D eigenvalue weighted by molar-refractivity contribution is 0.0192. The first kappa shape index (κ1) is 16.4. The van der Waals surface area contributed by atoms with Crippen molar-refractivity contribution in [3.63, 3.8) is 0 Å². The number of ether oxygens (including phenoxy) is 1. The third kappa shape index (κ3) is 4.79. The molecule has 2 nitrogen and oxygen atoms in total. The Balaban J connectivity index is 2.10. The maximum absolute atomic E-state index is 13.3. The molecule has 0 aliphatic heterocycles. The van der Waals surface area contributed by atoms with E-state index in [9.17, 15) is 4.39 Å². The van der Waals surface area contributed by atoms with Crippen LogP contribution in [0.25, 0.3) is 0 Å². The molecule has 0 aromatic heterocycles. The Bertz CT molecular complexity index is 445. The quantitative estimate of drug-likeness (QED) is 0.746. The van der Waals surface area contributed by atoms with Crippen molar-refractivity contribution in [1.29, 1.82) is 0 Å². The van der Waals surface area contributed by atoms with Crippen molar-refractivity contribution in [3.8, 4) is 0 Å². The number of nitrogens with one attached hydrogen (secondary N) is 1. The smallest absolute Gasteiger partial charge is 0.123 e. The Labute approximate surface area is 128 Å². The van der Waals surface area contributed by atoms with Crippen LogP contribution >= 0.6 is 0 Å². The first-order valence-electron chi connectivity index (χ1n) is 8.25. The van der Waals surface area contributed by atoms with Gasteiger partial charge in [-0.1, -0.05) is 13.0 Å². The Morgan fingerprint density at radius 3 is 2.67 bits per heavy atom. The molecule has 3 heteroatoms. The van der Waals surface area contributed by atoms with Crippen LogP contribution in [0.3, 0.4) is 0 Å². The Morgan fingerprint density at radius 1 is 1.33 bits per heavy atom. The number of hydrogen-bond donors (Lipinski definition) is 1. The molecule has 0 bridgehead atoms. The molecule has 0 spiro atoms. The Kier molecular flexibility index (Phi) is 6.19. The highest BCUT2D eigenvalue weighted by Crippen LogP contribution is 2.36. The summed E-state index contributed by atoms with van der Waals surface area (Å²) in [6.07, 6.45) is 4.86. The highest BCUT2D eigenvalue weighted by Gasteiger charge is 2.37. The minimum absolute atomic E-state index is 0.155. The summed E-state index contributed by atoms with van der Waals surface area (Å²) >= 11 is 0. The van der Waals surface area contributed by atoms with E-state index in [1.807, 2.05) is 13.0 Å². The predicted octanol–water partition coefficient (Wildman–Crippen LogP) is 3.86. The van der Waals surface area contributed by atoms with Crippen LogP contribution in [0.2, 0.25) is 0 Å². The highest BCUT2D eigenvalue weighted by atomic mass is 19.1. The molecule has 1 fully saturated rings. The van der Waals surface area contributed by atoms with Crippen LogP contribution in [-0.2, 0) is 11.2 Å². The minimum atomic E-state index is -0.155. The van der Waals surface area contributed by atoms with Gasteiger partial charge in [-0.2, -0.15) is 0 Å². The van der Waals surface area contributed by atoms with Gasteiger partial charge in [0.1, 0.15) is 5.82 Å². The number of halogens is 1. The van der Waals surface area contributed by atoms with Crippen molar-refractivity contribution in [2.45, 2.75) is 58.6 Å². The molecule has 1 aromatic rings. The highest BCUT2D eigenvalue weighted by molar-refractivity contribution is 5.27. The number of aryl methyl sites for hydroxylation is 1. The minimum Gasteiger partial charge on any atom is -0.377 e. The molecular weight excluding hydrogens is 265 g/mol. The van der Waals surface area contributed by atoms with Crippen LogP contribution in [0.15, 0.2) is 18.2 Å². The molecule has 118 valence electrons. The average Bonchev–Trinajstić information content (AvgIpc) is 3.28. The van der Waals surface area contributed by atoms with E-state index < -0.39 is 0 Å². The number of hydrogen-bond acceptors (Lipinski definition) is 2. The van der Waals surface area contributed by atoms with E-state index in [2.05, 4.69) is 19.2 Å². The molecule has 0 radical (unpaired) electrons. The molecule has 21 heavy (non-hydrogen) atoms. The van der Waals surface area contributed by atoms with Crippen LogP contribution in [0, 0.1) is 18.7 Å². The SMILES string of the molecule is CCCNC(Cc1ccc(F)cc1C)C(OCC)C1CC1. The van der Waals surface area contributed by atoms with Gasteiger partial charge in [-0.3, -0.25) is 0 Å².